The second kappa shape index (κ2) is 7.55. The number of hydrogen-bond acceptors (Lipinski definition) is 6. The van der Waals surface area contributed by atoms with Crippen LogP contribution in [-0.2, 0) is 9.63 Å². The minimum atomic E-state index is -0.321. The van der Waals surface area contributed by atoms with Gasteiger partial charge in [0.2, 0.25) is 0 Å². The summed E-state index contributed by atoms with van der Waals surface area (Å²) in [6, 6.07) is 7.98. The lowest BCUT2D eigenvalue weighted by Crippen LogP contribution is -2.29. The van der Waals surface area contributed by atoms with E-state index in [9.17, 15) is 10.1 Å². The Kier molecular flexibility index (Phi) is 5.22. The number of hydrogen-bond donors (Lipinski definition) is 1. The minimum Gasteiger partial charge on any atom is -0.378 e. The van der Waals surface area contributed by atoms with Crippen LogP contribution in [0.5, 0.6) is 0 Å². The fraction of sp³-hybridized carbons (Fsp3) is 0.278. The first kappa shape index (κ1) is 17.3. The molecular weight excluding hydrogens is 336 g/mol. The highest BCUT2D eigenvalue weighted by molar-refractivity contribution is 8.18. The van der Waals surface area contributed by atoms with Crippen molar-refractivity contribution in [3.05, 3.63) is 39.8 Å². The number of nitriles is 1. The van der Waals surface area contributed by atoms with Crippen LogP contribution in [-0.4, -0.2) is 24.2 Å². The maximum Gasteiger partial charge on any atom is 0.286 e. The largest absolute Gasteiger partial charge is 0.378 e. The van der Waals surface area contributed by atoms with Gasteiger partial charge in [-0.25, -0.2) is 5.06 Å². The summed E-state index contributed by atoms with van der Waals surface area (Å²) in [6.45, 7) is 3.15. The summed E-state index contributed by atoms with van der Waals surface area (Å²) in [6.07, 6.45) is 5.62. The lowest BCUT2D eigenvalue weighted by molar-refractivity contribution is -0.113. The molecule has 0 saturated heterocycles. The van der Waals surface area contributed by atoms with Crippen LogP contribution < -0.4 is 10.8 Å². The number of amides is 1. The molecule has 1 aromatic carbocycles. The second-order valence-corrected chi connectivity index (χ2v) is 6.75. The summed E-state index contributed by atoms with van der Waals surface area (Å²) in [5.74, 6) is -0.321. The number of fused-ring (bicyclic) bond motifs is 1. The highest BCUT2D eigenvalue weighted by atomic mass is 32.2. The van der Waals surface area contributed by atoms with Crippen molar-refractivity contribution in [3.63, 3.8) is 0 Å². The maximum atomic E-state index is 11.7. The van der Waals surface area contributed by atoms with E-state index in [-0.39, 0.29) is 11.1 Å². The van der Waals surface area contributed by atoms with Crippen LogP contribution in [0.3, 0.4) is 0 Å². The Balaban J connectivity index is 1.88. The van der Waals surface area contributed by atoms with Gasteiger partial charge in [-0.3, -0.25) is 9.63 Å². The normalized spacial score (nSPS) is 18.0. The summed E-state index contributed by atoms with van der Waals surface area (Å²) < 4.78 is 0. The van der Waals surface area contributed by atoms with Gasteiger partial charge in [0.05, 0.1) is 35.4 Å². The molecule has 0 atom stereocenters. The van der Waals surface area contributed by atoms with E-state index in [0.29, 0.717) is 23.6 Å². The first-order chi connectivity index (χ1) is 12.1. The first-order valence-corrected chi connectivity index (χ1v) is 8.85. The molecular formula is C18H18N4O2S. The number of carbonyl (C=O) groups excluding carboxylic acids is 1. The number of thioether (sulfide) groups is 1. The van der Waals surface area contributed by atoms with E-state index in [1.807, 2.05) is 24.3 Å². The first-order valence-electron chi connectivity index (χ1n) is 8.04. The van der Waals surface area contributed by atoms with Crippen molar-refractivity contribution in [2.24, 2.45) is 10.7 Å². The van der Waals surface area contributed by atoms with Gasteiger partial charge in [0.25, 0.3) is 5.91 Å². The zero-order valence-electron chi connectivity index (χ0n) is 13.9. The lowest BCUT2D eigenvalue weighted by Gasteiger charge is -2.28. The Hall–Kier alpha value is -2.56. The summed E-state index contributed by atoms with van der Waals surface area (Å²) in [7, 11) is 0. The summed E-state index contributed by atoms with van der Waals surface area (Å²) in [5.41, 5.74) is 8.86. The van der Waals surface area contributed by atoms with E-state index in [0.717, 1.165) is 41.4 Å². The number of anilines is 1. The Bertz CT molecular complexity index is 836. The van der Waals surface area contributed by atoms with Gasteiger partial charge in [-0.15, -0.1) is 0 Å². The third kappa shape index (κ3) is 3.92. The molecule has 0 saturated carbocycles. The van der Waals surface area contributed by atoms with Crippen LogP contribution in [0.4, 0.5) is 5.69 Å². The third-order valence-corrected chi connectivity index (χ3v) is 4.60. The van der Waals surface area contributed by atoms with Crippen LogP contribution in [0, 0.1) is 11.3 Å². The molecule has 6 nitrogen and oxygen atoms in total. The predicted molar refractivity (Wildman–Crippen MR) is 100 cm³/mol. The van der Waals surface area contributed by atoms with Crippen molar-refractivity contribution in [1.29, 1.82) is 5.26 Å². The van der Waals surface area contributed by atoms with Gasteiger partial charge < -0.3 is 5.73 Å². The molecule has 0 aliphatic carbocycles. The molecule has 2 heterocycles. The van der Waals surface area contributed by atoms with Gasteiger partial charge in [0, 0.05) is 5.56 Å². The number of rotatable bonds is 5. The van der Waals surface area contributed by atoms with Crippen LogP contribution in [0.1, 0.15) is 30.9 Å². The molecule has 0 fully saturated rings. The monoisotopic (exact) mass is 354 g/mol. The van der Waals surface area contributed by atoms with E-state index in [1.165, 1.54) is 0 Å². The van der Waals surface area contributed by atoms with Crippen molar-refractivity contribution in [1.82, 2.24) is 0 Å². The second-order valence-electron chi connectivity index (χ2n) is 5.69. The average molecular weight is 354 g/mol. The fourth-order valence-corrected chi connectivity index (χ4v) is 3.24. The number of aliphatic imine (C=N–C) groups is 1. The Morgan fingerprint density at radius 3 is 3.04 bits per heavy atom. The van der Waals surface area contributed by atoms with E-state index in [2.05, 4.69) is 18.0 Å². The maximum absolute atomic E-state index is 11.7. The van der Waals surface area contributed by atoms with Crippen molar-refractivity contribution >= 4 is 40.7 Å². The molecule has 7 heteroatoms. The lowest BCUT2D eigenvalue weighted by atomic mass is 10.0. The van der Waals surface area contributed by atoms with Crippen molar-refractivity contribution in [2.45, 2.75) is 19.8 Å². The van der Waals surface area contributed by atoms with E-state index in [1.54, 1.807) is 11.1 Å². The molecule has 3 rings (SSSR count). The fourth-order valence-electron chi connectivity index (χ4n) is 2.56. The zero-order chi connectivity index (χ0) is 17.8. The topological polar surface area (TPSA) is 91.7 Å². The summed E-state index contributed by atoms with van der Waals surface area (Å²) >= 11 is 1.16. The molecule has 2 aliphatic heterocycles. The van der Waals surface area contributed by atoms with E-state index in [4.69, 9.17) is 10.6 Å². The smallest absolute Gasteiger partial charge is 0.286 e. The highest BCUT2D eigenvalue weighted by Gasteiger charge is 2.21. The van der Waals surface area contributed by atoms with Gasteiger partial charge in [-0.05, 0) is 48.0 Å². The average Bonchev–Trinajstić information content (AvgIpc) is 2.91. The molecule has 2 aliphatic rings. The van der Waals surface area contributed by atoms with Gasteiger partial charge in [0.1, 0.15) is 0 Å². The minimum absolute atomic E-state index is 0.261. The highest BCUT2D eigenvalue weighted by Crippen LogP contribution is 2.32. The number of carbonyl (C=O) groups is 1. The molecule has 2 N–H and O–H groups in total. The third-order valence-electron chi connectivity index (χ3n) is 3.79. The standard InChI is InChI=1S/C18H18N4O2S/c1-2-3-6-24-22-11-13(10-19)8-14-7-12(4-5-15(14)22)9-16-17(23)21-18(20)25-16/h4-5,7-9H,2-3,6,11H2,1H3,(H2,20,21,23)/b16-9-. The van der Waals surface area contributed by atoms with Gasteiger partial charge >= 0.3 is 0 Å². The van der Waals surface area contributed by atoms with Crippen LogP contribution in [0.25, 0.3) is 12.2 Å². The van der Waals surface area contributed by atoms with Crippen molar-refractivity contribution in [3.8, 4) is 6.07 Å². The molecule has 0 bridgehead atoms. The predicted octanol–water partition coefficient (Wildman–Crippen LogP) is 3.07. The van der Waals surface area contributed by atoms with Crippen LogP contribution >= 0.6 is 11.8 Å². The summed E-state index contributed by atoms with van der Waals surface area (Å²) in [5, 5.41) is 11.3. The van der Waals surface area contributed by atoms with Gasteiger partial charge in [-0.1, -0.05) is 19.4 Å². The quantitative estimate of drug-likeness (QED) is 0.645. The molecule has 0 spiro atoms. The molecule has 25 heavy (non-hydrogen) atoms. The Morgan fingerprint density at radius 1 is 1.52 bits per heavy atom. The summed E-state index contributed by atoms with van der Waals surface area (Å²) in [4.78, 5) is 21.7. The number of unbranched alkanes of at least 4 members (excludes halogenated alkanes) is 1. The number of amidine groups is 1. The van der Waals surface area contributed by atoms with Gasteiger partial charge in [0.15, 0.2) is 5.17 Å². The zero-order valence-corrected chi connectivity index (χ0v) is 14.7. The van der Waals surface area contributed by atoms with E-state index < -0.39 is 0 Å². The molecule has 0 unspecified atom stereocenters. The number of nitrogens with zero attached hydrogens (tertiary/aromatic N) is 3. The van der Waals surface area contributed by atoms with E-state index >= 15 is 0 Å². The van der Waals surface area contributed by atoms with Crippen LogP contribution in [0.2, 0.25) is 0 Å². The molecule has 1 amide bonds. The molecule has 1 aromatic rings. The molecule has 0 radical (unpaired) electrons. The van der Waals surface area contributed by atoms with Crippen molar-refractivity contribution in [2.75, 3.05) is 18.2 Å². The molecule has 0 aromatic heterocycles. The Morgan fingerprint density at radius 2 is 2.36 bits per heavy atom. The number of benzene rings is 1. The van der Waals surface area contributed by atoms with Crippen molar-refractivity contribution < 1.29 is 9.63 Å². The van der Waals surface area contributed by atoms with Crippen LogP contribution in [0.15, 0.2) is 33.7 Å². The number of hydroxylamine groups is 1. The molecule has 128 valence electrons. The number of nitrogens with two attached hydrogens (primary N) is 1. The van der Waals surface area contributed by atoms with Gasteiger partial charge in [-0.2, -0.15) is 10.3 Å². The SMILES string of the molecule is CCCCON1CC(C#N)=Cc2cc(/C=C3\SC(N)=NC3=O)ccc21. The Labute approximate surface area is 150 Å².